The first-order valence-corrected chi connectivity index (χ1v) is 14.8. The van der Waals surface area contributed by atoms with Crippen molar-refractivity contribution in [2.75, 3.05) is 39.3 Å². The Morgan fingerprint density at radius 1 is 0.810 bits per heavy atom. The van der Waals surface area contributed by atoms with Crippen LogP contribution in [0.15, 0.2) is 66.7 Å². The molecule has 42 heavy (non-hydrogen) atoms. The Morgan fingerprint density at radius 3 is 1.95 bits per heavy atom. The highest BCUT2D eigenvalue weighted by Gasteiger charge is 2.49. The Labute approximate surface area is 253 Å². The van der Waals surface area contributed by atoms with E-state index in [0.29, 0.717) is 54.6 Å². The minimum Gasteiger partial charge on any atom is -0.346 e. The maximum Gasteiger partial charge on any atom is 0.405 e. The van der Waals surface area contributed by atoms with Crippen LogP contribution in [0.1, 0.15) is 36.0 Å². The molecule has 10 heteroatoms. The van der Waals surface area contributed by atoms with Crippen LogP contribution in [0.4, 0.5) is 13.2 Å². The number of piperazine rings is 1. The second kappa shape index (κ2) is 12.7. The first kappa shape index (κ1) is 30.4. The van der Waals surface area contributed by atoms with E-state index in [1.54, 1.807) is 18.2 Å². The van der Waals surface area contributed by atoms with Crippen LogP contribution in [-0.4, -0.2) is 67.1 Å². The number of carbonyl (C=O) groups is 2. The molecule has 0 spiro atoms. The molecule has 1 N–H and O–H groups in total. The van der Waals surface area contributed by atoms with Crippen LogP contribution in [0.3, 0.4) is 0 Å². The molecule has 3 aromatic carbocycles. The van der Waals surface area contributed by atoms with Gasteiger partial charge >= 0.3 is 6.18 Å². The summed E-state index contributed by atoms with van der Waals surface area (Å²) in [4.78, 5) is 30.6. The van der Waals surface area contributed by atoms with Crippen LogP contribution in [0.25, 0.3) is 11.1 Å². The lowest BCUT2D eigenvalue weighted by molar-refractivity contribution is -0.141. The number of amides is 2. The average Bonchev–Trinajstić information content (AvgIpc) is 3.26. The summed E-state index contributed by atoms with van der Waals surface area (Å²) in [5, 5.41) is 3.15. The molecule has 0 radical (unpaired) electrons. The molecule has 0 atom stereocenters. The van der Waals surface area contributed by atoms with Gasteiger partial charge in [0, 0.05) is 36.2 Å². The van der Waals surface area contributed by atoms with E-state index >= 15 is 0 Å². The van der Waals surface area contributed by atoms with Crippen molar-refractivity contribution in [3.05, 3.63) is 93.5 Å². The number of unbranched alkanes of at least 4 members (excludes halogenated alkanes) is 1. The van der Waals surface area contributed by atoms with Gasteiger partial charge in [-0.15, -0.1) is 0 Å². The highest BCUT2D eigenvalue weighted by Crippen LogP contribution is 2.51. The van der Waals surface area contributed by atoms with Crippen LogP contribution < -0.4 is 5.32 Å². The van der Waals surface area contributed by atoms with E-state index in [-0.39, 0.29) is 12.3 Å². The van der Waals surface area contributed by atoms with Gasteiger partial charge in [-0.2, -0.15) is 13.2 Å². The van der Waals surface area contributed by atoms with Crippen LogP contribution in [0.2, 0.25) is 10.0 Å². The number of rotatable bonds is 9. The van der Waals surface area contributed by atoms with E-state index in [0.717, 1.165) is 35.2 Å². The van der Waals surface area contributed by atoms with Gasteiger partial charge in [0.15, 0.2) is 0 Å². The number of fused-ring (bicyclic) bond motifs is 3. The molecule has 1 saturated heterocycles. The zero-order valence-electron chi connectivity index (χ0n) is 23.0. The topological polar surface area (TPSA) is 52.7 Å². The molecule has 0 saturated carbocycles. The van der Waals surface area contributed by atoms with Gasteiger partial charge in [0.2, 0.25) is 11.8 Å². The molecule has 1 aliphatic heterocycles. The second-order valence-electron chi connectivity index (χ2n) is 10.9. The number of nitrogens with one attached hydrogen (secondary N) is 1. The highest BCUT2D eigenvalue weighted by atomic mass is 35.5. The molecule has 5 nitrogen and oxygen atoms in total. The summed E-state index contributed by atoms with van der Waals surface area (Å²) in [5.74, 6) is -0.641. The predicted molar refractivity (Wildman–Crippen MR) is 159 cm³/mol. The molecular weight excluding hydrogens is 586 g/mol. The number of nitrogens with zero attached hydrogens (tertiary/aromatic N) is 2. The van der Waals surface area contributed by atoms with Crippen molar-refractivity contribution in [2.24, 2.45) is 0 Å². The molecule has 3 aromatic rings. The number of halogens is 5. The molecule has 0 unspecified atom stereocenters. The van der Waals surface area contributed by atoms with E-state index in [9.17, 15) is 22.8 Å². The molecule has 1 heterocycles. The molecule has 5 rings (SSSR count). The minimum atomic E-state index is -4.50. The van der Waals surface area contributed by atoms with Crippen LogP contribution >= 0.6 is 23.2 Å². The second-order valence-corrected chi connectivity index (χ2v) is 11.7. The SMILES string of the molecule is O=C(Cc1c(Cl)cccc1Cl)N1CCN(CCCCC2(C(=O)NCC(F)(F)F)c3ccccc3-c3ccccc32)CC1. The van der Waals surface area contributed by atoms with Gasteiger partial charge in [-0.25, -0.2) is 0 Å². The quantitative estimate of drug-likeness (QED) is 0.279. The number of hydrogen-bond donors (Lipinski definition) is 1. The van der Waals surface area contributed by atoms with Crippen LogP contribution in [0.5, 0.6) is 0 Å². The summed E-state index contributed by atoms with van der Waals surface area (Å²) in [6.45, 7) is 2.00. The Morgan fingerprint density at radius 2 is 1.38 bits per heavy atom. The standard InChI is InChI=1S/C32H32Cl2F3N3O2/c33-27-12-7-13-28(34)24(27)20-29(41)40-18-16-39(17-19-40)15-6-5-14-31(30(42)38-21-32(35,36)37)25-10-3-1-8-22(25)23-9-2-4-11-26(23)31/h1-4,7-13H,5-6,14-21H2,(H,38,42). The molecule has 2 amide bonds. The lowest BCUT2D eigenvalue weighted by atomic mass is 9.73. The van der Waals surface area contributed by atoms with E-state index in [1.165, 1.54) is 0 Å². The summed E-state index contributed by atoms with van der Waals surface area (Å²) >= 11 is 12.5. The fourth-order valence-electron chi connectivity index (χ4n) is 6.19. The van der Waals surface area contributed by atoms with Gasteiger partial charge in [0.25, 0.3) is 0 Å². The van der Waals surface area contributed by atoms with E-state index in [2.05, 4.69) is 10.2 Å². The van der Waals surface area contributed by atoms with E-state index in [1.807, 2.05) is 53.4 Å². The number of benzene rings is 3. The third-order valence-corrected chi connectivity index (χ3v) is 9.00. The van der Waals surface area contributed by atoms with Crippen molar-refractivity contribution in [2.45, 2.75) is 37.3 Å². The van der Waals surface area contributed by atoms with Gasteiger partial charge < -0.3 is 10.2 Å². The van der Waals surface area contributed by atoms with Crippen molar-refractivity contribution >= 4 is 35.0 Å². The van der Waals surface area contributed by atoms with Crippen molar-refractivity contribution in [3.8, 4) is 11.1 Å². The number of carbonyl (C=O) groups excluding carboxylic acids is 2. The molecule has 1 aliphatic carbocycles. The zero-order chi connectivity index (χ0) is 29.9. The lowest BCUT2D eigenvalue weighted by Crippen LogP contribution is -2.49. The van der Waals surface area contributed by atoms with Crippen molar-refractivity contribution in [1.82, 2.24) is 15.1 Å². The largest absolute Gasteiger partial charge is 0.405 e. The van der Waals surface area contributed by atoms with E-state index < -0.39 is 24.0 Å². The van der Waals surface area contributed by atoms with Gasteiger partial charge in [-0.3, -0.25) is 14.5 Å². The first-order chi connectivity index (χ1) is 20.1. The Kier molecular flexibility index (Phi) is 9.16. The highest BCUT2D eigenvalue weighted by molar-refractivity contribution is 6.36. The number of hydrogen-bond acceptors (Lipinski definition) is 3. The van der Waals surface area contributed by atoms with Crippen molar-refractivity contribution < 1.29 is 22.8 Å². The summed E-state index contributed by atoms with van der Waals surface area (Å²) in [6, 6.07) is 20.2. The van der Waals surface area contributed by atoms with Gasteiger partial charge in [-0.1, -0.05) is 84.2 Å². The minimum absolute atomic E-state index is 0.0185. The molecule has 1 fully saturated rings. The van der Waals surface area contributed by atoms with Crippen LogP contribution in [-0.2, 0) is 21.4 Å². The molecule has 222 valence electrons. The summed E-state index contributed by atoms with van der Waals surface area (Å²) in [5.41, 5.74) is 2.71. The fourth-order valence-corrected chi connectivity index (χ4v) is 6.73. The van der Waals surface area contributed by atoms with Gasteiger partial charge in [0.1, 0.15) is 12.0 Å². The third-order valence-electron chi connectivity index (χ3n) is 8.29. The normalized spacial score (nSPS) is 16.2. The monoisotopic (exact) mass is 617 g/mol. The van der Waals surface area contributed by atoms with Gasteiger partial charge in [0.05, 0.1) is 6.42 Å². The molecule has 2 aliphatic rings. The summed E-state index contributed by atoms with van der Waals surface area (Å²) < 4.78 is 39.3. The summed E-state index contributed by atoms with van der Waals surface area (Å²) in [6.07, 6.45) is -2.55. The zero-order valence-corrected chi connectivity index (χ0v) is 24.5. The molecule has 0 aromatic heterocycles. The maximum absolute atomic E-state index is 13.6. The molecule has 0 bridgehead atoms. The maximum atomic E-state index is 13.6. The Balaban J connectivity index is 1.21. The predicted octanol–water partition coefficient (Wildman–Crippen LogP) is 6.50. The molecular formula is C32H32Cl2F3N3O2. The Hall–Kier alpha value is -3.07. The summed E-state index contributed by atoms with van der Waals surface area (Å²) in [7, 11) is 0. The van der Waals surface area contributed by atoms with E-state index in [4.69, 9.17) is 23.2 Å². The van der Waals surface area contributed by atoms with Crippen molar-refractivity contribution in [1.29, 1.82) is 0 Å². The van der Waals surface area contributed by atoms with Crippen molar-refractivity contribution in [3.63, 3.8) is 0 Å². The smallest absolute Gasteiger partial charge is 0.346 e. The first-order valence-electron chi connectivity index (χ1n) is 14.1. The Bertz CT molecular complexity index is 1390. The lowest BCUT2D eigenvalue weighted by Gasteiger charge is -2.35. The number of alkyl halides is 3. The average molecular weight is 619 g/mol. The third kappa shape index (κ3) is 6.31. The fraction of sp³-hybridized carbons (Fsp3) is 0.375. The van der Waals surface area contributed by atoms with Gasteiger partial charge in [-0.05, 0) is 59.3 Å². The van der Waals surface area contributed by atoms with Crippen LogP contribution in [0, 0.1) is 0 Å².